The summed E-state index contributed by atoms with van der Waals surface area (Å²) in [6.07, 6.45) is -0.456. The van der Waals surface area contributed by atoms with Gasteiger partial charge in [0.1, 0.15) is 5.69 Å². The molecule has 1 amide bonds. The van der Waals surface area contributed by atoms with Gasteiger partial charge in [-0.05, 0) is 26.0 Å². The molecule has 2 heterocycles. The van der Waals surface area contributed by atoms with E-state index >= 15 is 0 Å². The van der Waals surface area contributed by atoms with Crippen molar-refractivity contribution < 1.29 is 22.4 Å². The minimum atomic E-state index is -4.53. The SMILES string of the molecule is CN(CC(C)(C)Nc1ncc(C(F)(F)F)cn1)C(=O)c1cccc(F)c1-n1nccn1. The molecule has 0 aliphatic rings. The van der Waals surface area contributed by atoms with E-state index in [1.54, 1.807) is 13.8 Å². The molecule has 164 valence electrons. The summed E-state index contributed by atoms with van der Waals surface area (Å²) in [5.41, 5.74) is -1.81. The number of nitrogens with zero attached hydrogens (tertiary/aromatic N) is 6. The number of amides is 1. The molecule has 1 aromatic carbocycles. The Kier molecular flexibility index (Phi) is 5.91. The second-order valence-electron chi connectivity index (χ2n) is 7.42. The van der Waals surface area contributed by atoms with Crippen LogP contribution in [0.3, 0.4) is 0 Å². The normalized spacial score (nSPS) is 12.0. The van der Waals surface area contributed by atoms with Crippen molar-refractivity contribution in [1.82, 2.24) is 29.9 Å². The number of benzene rings is 1. The number of likely N-dealkylation sites (N-methyl/N-ethyl adjacent to an activating group) is 1. The van der Waals surface area contributed by atoms with Crippen LogP contribution < -0.4 is 5.32 Å². The third-order valence-corrected chi connectivity index (χ3v) is 4.24. The van der Waals surface area contributed by atoms with E-state index < -0.39 is 29.0 Å². The number of carbonyl (C=O) groups is 1. The molecule has 31 heavy (non-hydrogen) atoms. The lowest BCUT2D eigenvalue weighted by atomic mass is 10.0. The van der Waals surface area contributed by atoms with Gasteiger partial charge in [0.25, 0.3) is 5.91 Å². The number of aromatic nitrogens is 5. The average Bonchev–Trinajstić information content (AvgIpc) is 3.20. The van der Waals surface area contributed by atoms with Gasteiger partial charge in [0.15, 0.2) is 5.82 Å². The molecule has 3 rings (SSSR count). The third kappa shape index (κ3) is 5.13. The smallest absolute Gasteiger partial charge is 0.348 e. The van der Waals surface area contributed by atoms with Gasteiger partial charge in [0.2, 0.25) is 5.95 Å². The number of carbonyl (C=O) groups excluding carboxylic acids is 1. The van der Waals surface area contributed by atoms with Crippen LogP contribution in [-0.2, 0) is 6.18 Å². The van der Waals surface area contributed by atoms with Crippen molar-refractivity contribution in [3.63, 3.8) is 0 Å². The lowest BCUT2D eigenvalue weighted by Crippen LogP contribution is -2.45. The number of hydrogen-bond acceptors (Lipinski definition) is 6. The molecule has 0 saturated heterocycles. The highest BCUT2D eigenvalue weighted by Gasteiger charge is 2.32. The molecular formula is C19H19F4N7O. The van der Waals surface area contributed by atoms with Crippen LogP contribution in [0.1, 0.15) is 29.8 Å². The van der Waals surface area contributed by atoms with Crippen molar-refractivity contribution in [3.05, 3.63) is 59.9 Å². The molecule has 0 unspecified atom stereocenters. The van der Waals surface area contributed by atoms with E-state index in [2.05, 4.69) is 25.5 Å². The molecule has 0 aliphatic heterocycles. The highest BCUT2D eigenvalue weighted by Crippen LogP contribution is 2.28. The van der Waals surface area contributed by atoms with Crippen molar-refractivity contribution in [1.29, 1.82) is 0 Å². The predicted molar refractivity (Wildman–Crippen MR) is 103 cm³/mol. The maximum Gasteiger partial charge on any atom is 0.419 e. The molecule has 3 aromatic rings. The quantitative estimate of drug-likeness (QED) is 0.596. The summed E-state index contributed by atoms with van der Waals surface area (Å²) in [6.45, 7) is 3.55. The third-order valence-electron chi connectivity index (χ3n) is 4.24. The first-order valence-electron chi connectivity index (χ1n) is 9.06. The van der Waals surface area contributed by atoms with E-state index in [-0.39, 0.29) is 23.7 Å². The largest absolute Gasteiger partial charge is 0.419 e. The minimum Gasteiger partial charge on any atom is -0.348 e. The fourth-order valence-electron chi connectivity index (χ4n) is 2.97. The van der Waals surface area contributed by atoms with Crippen LogP contribution in [-0.4, -0.2) is 54.9 Å². The first-order valence-corrected chi connectivity index (χ1v) is 9.06. The van der Waals surface area contributed by atoms with Crippen LogP contribution >= 0.6 is 0 Å². The molecule has 1 N–H and O–H groups in total. The summed E-state index contributed by atoms with van der Waals surface area (Å²) < 4.78 is 52.4. The predicted octanol–water partition coefficient (Wildman–Crippen LogP) is 3.18. The number of para-hydroxylation sites is 1. The van der Waals surface area contributed by atoms with Crippen molar-refractivity contribution >= 4 is 11.9 Å². The fourth-order valence-corrected chi connectivity index (χ4v) is 2.97. The Labute approximate surface area is 174 Å². The van der Waals surface area contributed by atoms with E-state index in [0.717, 1.165) is 4.80 Å². The van der Waals surface area contributed by atoms with E-state index in [9.17, 15) is 22.4 Å². The molecule has 2 aromatic heterocycles. The fraction of sp³-hybridized carbons (Fsp3) is 0.316. The summed E-state index contributed by atoms with van der Waals surface area (Å²) >= 11 is 0. The van der Waals surface area contributed by atoms with Gasteiger partial charge in [0, 0.05) is 26.0 Å². The van der Waals surface area contributed by atoms with E-state index in [1.807, 2.05) is 0 Å². The van der Waals surface area contributed by atoms with Crippen LogP contribution in [0.25, 0.3) is 5.69 Å². The number of nitrogens with one attached hydrogen (secondary N) is 1. The van der Waals surface area contributed by atoms with Gasteiger partial charge in [-0.25, -0.2) is 14.4 Å². The summed E-state index contributed by atoms with van der Waals surface area (Å²) in [4.78, 5) is 22.7. The number of halogens is 4. The summed E-state index contributed by atoms with van der Waals surface area (Å²) in [7, 11) is 1.52. The molecule has 0 atom stereocenters. The zero-order chi connectivity index (χ0) is 22.8. The van der Waals surface area contributed by atoms with E-state index in [4.69, 9.17) is 0 Å². The zero-order valence-corrected chi connectivity index (χ0v) is 16.9. The van der Waals surface area contributed by atoms with Crippen molar-refractivity contribution in [3.8, 4) is 5.69 Å². The number of anilines is 1. The molecule has 12 heteroatoms. The Morgan fingerprint density at radius 1 is 1.13 bits per heavy atom. The second-order valence-corrected chi connectivity index (χ2v) is 7.42. The lowest BCUT2D eigenvalue weighted by Gasteiger charge is -2.31. The standard InChI is InChI=1S/C19H19F4N7O/c1-18(2,28-17-24-9-12(10-25-17)19(21,22)23)11-29(3)16(31)13-5-4-6-14(20)15(13)30-26-7-8-27-30/h4-10H,11H2,1-3H3,(H,24,25,28). The molecule has 0 radical (unpaired) electrons. The molecule has 0 saturated carbocycles. The maximum atomic E-state index is 14.4. The van der Waals surface area contributed by atoms with Crippen molar-refractivity contribution in [2.24, 2.45) is 0 Å². The molecule has 0 aliphatic carbocycles. The monoisotopic (exact) mass is 437 g/mol. The van der Waals surface area contributed by atoms with Crippen LogP contribution in [0, 0.1) is 5.82 Å². The Morgan fingerprint density at radius 3 is 2.32 bits per heavy atom. The number of rotatable bonds is 6. The molecule has 0 spiro atoms. The van der Waals surface area contributed by atoms with Crippen LogP contribution in [0.15, 0.2) is 43.0 Å². The zero-order valence-electron chi connectivity index (χ0n) is 16.9. The van der Waals surface area contributed by atoms with Gasteiger partial charge >= 0.3 is 6.18 Å². The summed E-state index contributed by atoms with van der Waals surface area (Å²) in [5.74, 6) is -1.17. The summed E-state index contributed by atoms with van der Waals surface area (Å²) in [5, 5.41) is 10.7. The Bertz CT molecular complexity index is 1050. The topological polar surface area (TPSA) is 88.8 Å². The number of alkyl halides is 3. The van der Waals surface area contributed by atoms with E-state index in [0.29, 0.717) is 12.4 Å². The summed E-state index contributed by atoms with van der Waals surface area (Å²) in [6, 6.07) is 4.06. The second kappa shape index (κ2) is 8.28. The molecule has 0 fully saturated rings. The van der Waals surface area contributed by atoms with Crippen LogP contribution in [0.2, 0.25) is 0 Å². The highest BCUT2D eigenvalue weighted by atomic mass is 19.4. The van der Waals surface area contributed by atoms with E-state index in [1.165, 1.54) is 42.5 Å². The van der Waals surface area contributed by atoms with Gasteiger partial charge in [-0.2, -0.15) is 23.4 Å². The van der Waals surface area contributed by atoms with Gasteiger partial charge < -0.3 is 10.2 Å². The van der Waals surface area contributed by atoms with Gasteiger partial charge in [-0.15, -0.1) is 4.80 Å². The van der Waals surface area contributed by atoms with Gasteiger partial charge in [0.05, 0.1) is 29.1 Å². The first kappa shape index (κ1) is 22.1. The van der Waals surface area contributed by atoms with Crippen molar-refractivity contribution in [2.45, 2.75) is 25.6 Å². The maximum absolute atomic E-state index is 14.4. The highest BCUT2D eigenvalue weighted by molar-refractivity contribution is 5.97. The van der Waals surface area contributed by atoms with Gasteiger partial charge in [-0.1, -0.05) is 6.07 Å². The average molecular weight is 437 g/mol. The van der Waals surface area contributed by atoms with Crippen LogP contribution in [0.5, 0.6) is 0 Å². The Balaban J connectivity index is 1.76. The van der Waals surface area contributed by atoms with Crippen LogP contribution in [0.4, 0.5) is 23.5 Å². The Hall–Kier alpha value is -3.57. The van der Waals surface area contributed by atoms with Gasteiger partial charge in [-0.3, -0.25) is 4.79 Å². The molecular weight excluding hydrogens is 418 g/mol. The Morgan fingerprint density at radius 2 is 1.74 bits per heavy atom. The first-order chi connectivity index (χ1) is 14.5. The minimum absolute atomic E-state index is 0.0222. The molecule has 0 bridgehead atoms. The lowest BCUT2D eigenvalue weighted by molar-refractivity contribution is -0.138. The molecule has 8 nitrogen and oxygen atoms in total. The van der Waals surface area contributed by atoms with Crippen molar-refractivity contribution in [2.75, 3.05) is 18.9 Å². The number of hydrogen-bond donors (Lipinski definition) is 1.